The molecule has 1 aliphatic carbocycles. The van der Waals surface area contributed by atoms with Crippen LogP contribution in [0.1, 0.15) is 29.4 Å². The summed E-state index contributed by atoms with van der Waals surface area (Å²) in [6.07, 6.45) is 2.43. The van der Waals surface area contributed by atoms with E-state index in [2.05, 4.69) is 28.2 Å². The van der Waals surface area contributed by atoms with Crippen molar-refractivity contribution in [1.29, 1.82) is 0 Å². The van der Waals surface area contributed by atoms with Crippen LogP contribution in [0.3, 0.4) is 0 Å². The number of nitrogen functional groups attached to an aromatic ring is 1. The first kappa shape index (κ1) is 12.9. The van der Waals surface area contributed by atoms with Crippen molar-refractivity contribution in [1.82, 2.24) is 5.32 Å². The molecule has 1 aromatic heterocycles. The Morgan fingerprint density at radius 2 is 2.26 bits per heavy atom. The summed E-state index contributed by atoms with van der Waals surface area (Å²) >= 11 is 4.94. The molecule has 1 aromatic carbocycles. The van der Waals surface area contributed by atoms with Crippen molar-refractivity contribution in [3.8, 4) is 0 Å². The van der Waals surface area contributed by atoms with Crippen molar-refractivity contribution in [3.05, 3.63) is 27.5 Å². The zero-order chi connectivity index (χ0) is 13.6. The van der Waals surface area contributed by atoms with E-state index in [4.69, 9.17) is 5.73 Å². The number of nitrogens with one attached hydrogen (secondary N) is 1. The Labute approximate surface area is 124 Å². The zero-order valence-electron chi connectivity index (χ0n) is 10.6. The standard InChI is InChI=1S/C14H15BrN2OS/c1-7(8-5-6-8)17-14(18)13-12(16)11-9(15)3-2-4-10(11)19-13/h2-4,7-8H,5-6,16H2,1H3,(H,17,18). The summed E-state index contributed by atoms with van der Waals surface area (Å²) < 4.78 is 1.98. The molecule has 1 aliphatic rings. The van der Waals surface area contributed by atoms with E-state index in [0.29, 0.717) is 16.5 Å². The first-order chi connectivity index (χ1) is 9.08. The average Bonchev–Trinajstić information content (AvgIpc) is 3.15. The van der Waals surface area contributed by atoms with Gasteiger partial charge in [-0.05, 0) is 37.8 Å². The molecule has 0 aliphatic heterocycles. The van der Waals surface area contributed by atoms with Crippen LogP contribution in [-0.4, -0.2) is 11.9 Å². The lowest BCUT2D eigenvalue weighted by Gasteiger charge is -2.11. The minimum Gasteiger partial charge on any atom is -0.397 e. The Morgan fingerprint density at radius 3 is 2.89 bits per heavy atom. The smallest absolute Gasteiger partial charge is 0.263 e. The third-order valence-corrected chi connectivity index (χ3v) is 5.43. The molecule has 3 N–H and O–H groups in total. The Kier molecular flexibility index (Phi) is 3.27. The van der Waals surface area contributed by atoms with Gasteiger partial charge < -0.3 is 11.1 Å². The second-order valence-electron chi connectivity index (χ2n) is 5.06. The van der Waals surface area contributed by atoms with Gasteiger partial charge in [0.2, 0.25) is 0 Å². The number of fused-ring (bicyclic) bond motifs is 1. The number of amides is 1. The second kappa shape index (κ2) is 4.80. The van der Waals surface area contributed by atoms with Gasteiger partial charge in [0.25, 0.3) is 5.91 Å². The molecule has 0 spiro atoms. The zero-order valence-corrected chi connectivity index (χ0v) is 13.0. The number of carbonyl (C=O) groups excluding carboxylic acids is 1. The van der Waals surface area contributed by atoms with E-state index < -0.39 is 0 Å². The van der Waals surface area contributed by atoms with Gasteiger partial charge in [-0.1, -0.05) is 22.0 Å². The maximum absolute atomic E-state index is 12.3. The van der Waals surface area contributed by atoms with Crippen LogP contribution in [0.4, 0.5) is 5.69 Å². The van der Waals surface area contributed by atoms with Crippen LogP contribution >= 0.6 is 27.3 Å². The van der Waals surface area contributed by atoms with Crippen molar-refractivity contribution in [2.75, 3.05) is 5.73 Å². The summed E-state index contributed by atoms with van der Waals surface area (Å²) in [5.74, 6) is 0.594. The lowest BCUT2D eigenvalue weighted by atomic mass is 10.2. The number of hydrogen-bond acceptors (Lipinski definition) is 3. The molecule has 0 bridgehead atoms. The lowest BCUT2D eigenvalue weighted by Crippen LogP contribution is -2.33. The highest BCUT2D eigenvalue weighted by molar-refractivity contribution is 9.10. The van der Waals surface area contributed by atoms with Crippen LogP contribution in [0.25, 0.3) is 10.1 Å². The van der Waals surface area contributed by atoms with Crippen molar-refractivity contribution in [2.45, 2.75) is 25.8 Å². The van der Waals surface area contributed by atoms with E-state index >= 15 is 0 Å². The van der Waals surface area contributed by atoms with Gasteiger partial charge in [-0.3, -0.25) is 4.79 Å². The number of anilines is 1. The van der Waals surface area contributed by atoms with Gasteiger partial charge in [0.15, 0.2) is 0 Å². The van der Waals surface area contributed by atoms with Crippen molar-refractivity contribution in [2.24, 2.45) is 5.92 Å². The van der Waals surface area contributed by atoms with Gasteiger partial charge in [0.05, 0.1) is 5.69 Å². The minimum atomic E-state index is -0.0509. The van der Waals surface area contributed by atoms with Gasteiger partial charge in [-0.25, -0.2) is 0 Å². The monoisotopic (exact) mass is 338 g/mol. The van der Waals surface area contributed by atoms with E-state index in [1.165, 1.54) is 24.2 Å². The van der Waals surface area contributed by atoms with Gasteiger partial charge in [-0.15, -0.1) is 11.3 Å². The fraction of sp³-hybridized carbons (Fsp3) is 0.357. The third-order valence-electron chi connectivity index (χ3n) is 3.60. The number of thiophene rings is 1. The van der Waals surface area contributed by atoms with Gasteiger partial charge in [0, 0.05) is 20.6 Å². The summed E-state index contributed by atoms with van der Waals surface area (Å²) in [7, 11) is 0. The molecule has 3 rings (SSSR count). The molecule has 1 unspecified atom stereocenters. The van der Waals surface area contributed by atoms with Crippen molar-refractivity contribution >= 4 is 48.9 Å². The Bertz CT molecular complexity index is 648. The highest BCUT2D eigenvalue weighted by Crippen LogP contribution is 2.38. The van der Waals surface area contributed by atoms with E-state index in [1.54, 1.807) is 0 Å². The number of halogens is 1. The Morgan fingerprint density at radius 1 is 1.53 bits per heavy atom. The van der Waals surface area contributed by atoms with Crippen LogP contribution < -0.4 is 11.1 Å². The van der Waals surface area contributed by atoms with Crippen LogP contribution in [0, 0.1) is 5.92 Å². The van der Waals surface area contributed by atoms with Gasteiger partial charge >= 0.3 is 0 Å². The van der Waals surface area contributed by atoms with Gasteiger partial charge in [0.1, 0.15) is 4.88 Å². The Balaban J connectivity index is 1.93. The van der Waals surface area contributed by atoms with Crippen LogP contribution in [-0.2, 0) is 0 Å². The maximum Gasteiger partial charge on any atom is 0.263 e. The van der Waals surface area contributed by atoms with E-state index in [-0.39, 0.29) is 11.9 Å². The quantitative estimate of drug-likeness (QED) is 0.894. The molecule has 1 heterocycles. The molecule has 19 heavy (non-hydrogen) atoms. The fourth-order valence-electron chi connectivity index (χ4n) is 2.28. The summed E-state index contributed by atoms with van der Waals surface area (Å²) in [5, 5.41) is 4.00. The summed E-state index contributed by atoms with van der Waals surface area (Å²) in [6.45, 7) is 2.06. The lowest BCUT2D eigenvalue weighted by molar-refractivity contribution is 0.0941. The normalized spacial score (nSPS) is 16.5. The number of nitrogens with two attached hydrogens (primary N) is 1. The molecule has 0 radical (unpaired) electrons. The first-order valence-corrected chi connectivity index (χ1v) is 7.96. The summed E-state index contributed by atoms with van der Waals surface area (Å²) in [5.41, 5.74) is 6.70. The average molecular weight is 339 g/mol. The van der Waals surface area contributed by atoms with Gasteiger partial charge in [-0.2, -0.15) is 0 Å². The molecule has 5 heteroatoms. The summed E-state index contributed by atoms with van der Waals surface area (Å²) in [6, 6.07) is 6.12. The summed E-state index contributed by atoms with van der Waals surface area (Å²) in [4.78, 5) is 12.9. The molecule has 1 atom stereocenters. The largest absolute Gasteiger partial charge is 0.397 e. The maximum atomic E-state index is 12.3. The number of carbonyl (C=O) groups is 1. The molecule has 3 nitrogen and oxygen atoms in total. The molecular weight excluding hydrogens is 324 g/mol. The first-order valence-electron chi connectivity index (χ1n) is 6.35. The minimum absolute atomic E-state index is 0.0509. The van der Waals surface area contributed by atoms with Crippen LogP contribution in [0.5, 0.6) is 0 Å². The molecule has 2 aromatic rings. The molecule has 1 fully saturated rings. The molecule has 1 amide bonds. The van der Waals surface area contributed by atoms with Crippen molar-refractivity contribution < 1.29 is 4.79 Å². The number of rotatable bonds is 3. The van der Waals surface area contributed by atoms with E-state index in [0.717, 1.165) is 14.6 Å². The van der Waals surface area contributed by atoms with Crippen LogP contribution in [0.15, 0.2) is 22.7 Å². The SMILES string of the molecule is CC(NC(=O)c1sc2cccc(Br)c2c1N)C1CC1. The second-order valence-corrected chi connectivity index (χ2v) is 6.96. The van der Waals surface area contributed by atoms with E-state index in [9.17, 15) is 4.79 Å². The third kappa shape index (κ3) is 2.37. The molecular formula is C14H15BrN2OS. The molecule has 1 saturated carbocycles. The van der Waals surface area contributed by atoms with Crippen LogP contribution in [0.2, 0.25) is 0 Å². The predicted molar refractivity (Wildman–Crippen MR) is 83.6 cm³/mol. The topological polar surface area (TPSA) is 55.1 Å². The molecule has 0 saturated heterocycles. The predicted octanol–water partition coefficient (Wildman–Crippen LogP) is 3.77. The Hall–Kier alpha value is -1.07. The highest BCUT2D eigenvalue weighted by Gasteiger charge is 2.30. The number of benzene rings is 1. The number of hydrogen-bond donors (Lipinski definition) is 2. The fourth-order valence-corrected chi connectivity index (χ4v) is 4.05. The van der Waals surface area contributed by atoms with Crippen molar-refractivity contribution in [3.63, 3.8) is 0 Å². The molecule has 100 valence electrons. The van der Waals surface area contributed by atoms with E-state index in [1.807, 2.05) is 18.2 Å². The highest BCUT2D eigenvalue weighted by atomic mass is 79.9.